The summed E-state index contributed by atoms with van der Waals surface area (Å²) in [6.07, 6.45) is 0. The molecule has 0 amide bonds. The van der Waals surface area contributed by atoms with E-state index in [0.29, 0.717) is 11.5 Å². The van der Waals surface area contributed by atoms with Crippen LogP contribution in [0.2, 0.25) is 0 Å². The Morgan fingerprint density at radius 3 is 1.54 bits per heavy atom. The highest BCUT2D eigenvalue weighted by molar-refractivity contribution is 4.84. The molecule has 0 rings (SSSR count). The summed E-state index contributed by atoms with van der Waals surface area (Å²) in [6, 6.07) is 0.650. The Morgan fingerprint density at radius 1 is 0.923 bits per heavy atom. The number of nitrogens with zero attached hydrogens (tertiary/aromatic N) is 1. The van der Waals surface area contributed by atoms with Crippen LogP contribution in [-0.2, 0) is 0 Å². The Hall–Kier alpha value is -0.0400. The van der Waals surface area contributed by atoms with Crippen LogP contribution in [0.1, 0.15) is 41.5 Å². The number of hydrogen-bond acceptors (Lipinski definition) is 1. The summed E-state index contributed by atoms with van der Waals surface area (Å²) in [6.45, 7) is 14.1. The molecule has 0 saturated heterocycles. The van der Waals surface area contributed by atoms with Crippen molar-refractivity contribution in [1.29, 1.82) is 0 Å². The van der Waals surface area contributed by atoms with Crippen LogP contribution in [0, 0.1) is 17.3 Å². The first-order chi connectivity index (χ1) is 5.71. The molecule has 1 nitrogen and oxygen atoms in total. The highest BCUT2D eigenvalue weighted by Gasteiger charge is 2.33. The van der Waals surface area contributed by atoms with Crippen LogP contribution in [0.5, 0.6) is 0 Å². The Balaban J connectivity index is 4.48. The minimum absolute atomic E-state index is 0.420. The third-order valence-electron chi connectivity index (χ3n) is 4.20. The minimum atomic E-state index is 0.420. The molecule has 0 aromatic carbocycles. The molecule has 0 aliphatic heterocycles. The molecule has 0 aliphatic carbocycles. The molecule has 0 aliphatic rings. The summed E-state index contributed by atoms with van der Waals surface area (Å²) in [7, 11) is 4.33. The molecule has 13 heavy (non-hydrogen) atoms. The van der Waals surface area contributed by atoms with E-state index in [1.165, 1.54) is 0 Å². The molecule has 0 saturated carbocycles. The van der Waals surface area contributed by atoms with Crippen molar-refractivity contribution in [2.75, 3.05) is 14.1 Å². The largest absolute Gasteiger partial charge is 0.306 e. The lowest BCUT2D eigenvalue weighted by Crippen LogP contribution is -2.41. The molecule has 2 unspecified atom stereocenters. The first kappa shape index (κ1) is 13.0. The van der Waals surface area contributed by atoms with Gasteiger partial charge in [-0.2, -0.15) is 0 Å². The second-order valence-corrected chi connectivity index (χ2v) is 5.47. The Kier molecular flexibility index (Phi) is 4.44. The summed E-state index contributed by atoms with van der Waals surface area (Å²) >= 11 is 0. The maximum absolute atomic E-state index is 2.38. The van der Waals surface area contributed by atoms with E-state index in [-0.39, 0.29) is 0 Å². The lowest BCUT2D eigenvalue weighted by atomic mass is 9.69. The van der Waals surface area contributed by atoms with E-state index in [0.717, 1.165) is 11.8 Å². The van der Waals surface area contributed by atoms with Crippen LogP contribution < -0.4 is 0 Å². The van der Waals surface area contributed by atoms with Crippen molar-refractivity contribution in [2.45, 2.75) is 47.6 Å². The molecule has 1 heteroatoms. The van der Waals surface area contributed by atoms with E-state index in [4.69, 9.17) is 0 Å². The van der Waals surface area contributed by atoms with Crippen molar-refractivity contribution < 1.29 is 0 Å². The van der Waals surface area contributed by atoms with Crippen molar-refractivity contribution in [3.8, 4) is 0 Å². The molecule has 0 aromatic rings. The van der Waals surface area contributed by atoms with Gasteiger partial charge in [0.15, 0.2) is 0 Å². The van der Waals surface area contributed by atoms with Gasteiger partial charge in [0.1, 0.15) is 0 Å². The third kappa shape index (κ3) is 2.98. The topological polar surface area (TPSA) is 3.24 Å². The van der Waals surface area contributed by atoms with E-state index in [1.54, 1.807) is 0 Å². The SMILES string of the molecule is CC(C(C)C(C)(C)C(C)C)N(C)C. The average molecular weight is 185 g/mol. The lowest BCUT2D eigenvalue weighted by Gasteiger charge is -2.41. The summed E-state index contributed by atoms with van der Waals surface area (Å²) in [4.78, 5) is 2.31. The molecule has 0 fully saturated rings. The van der Waals surface area contributed by atoms with Crippen molar-refractivity contribution >= 4 is 0 Å². The second-order valence-electron chi connectivity index (χ2n) is 5.47. The molecule has 0 spiro atoms. The van der Waals surface area contributed by atoms with Crippen LogP contribution in [0.4, 0.5) is 0 Å². The summed E-state index contributed by atoms with van der Waals surface area (Å²) in [5.41, 5.74) is 0.420. The summed E-state index contributed by atoms with van der Waals surface area (Å²) < 4.78 is 0. The smallest absolute Gasteiger partial charge is 0.00916 e. The Morgan fingerprint density at radius 2 is 1.31 bits per heavy atom. The van der Waals surface area contributed by atoms with Gasteiger partial charge in [0.05, 0.1) is 0 Å². The standard InChI is InChI=1S/C12H27N/c1-9(2)12(5,6)10(3)11(4)13(7)8/h9-11H,1-8H3. The van der Waals surface area contributed by atoms with Gasteiger partial charge in [-0.25, -0.2) is 0 Å². The van der Waals surface area contributed by atoms with Gasteiger partial charge in [0.25, 0.3) is 0 Å². The highest BCUT2D eigenvalue weighted by atomic mass is 15.1. The Bertz CT molecular complexity index is 147. The van der Waals surface area contributed by atoms with Gasteiger partial charge in [-0.1, -0.05) is 34.6 Å². The van der Waals surface area contributed by atoms with Gasteiger partial charge in [-0.3, -0.25) is 0 Å². The van der Waals surface area contributed by atoms with Crippen molar-refractivity contribution in [3.05, 3.63) is 0 Å². The van der Waals surface area contributed by atoms with E-state index < -0.39 is 0 Å². The van der Waals surface area contributed by atoms with E-state index in [1.807, 2.05) is 0 Å². The lowest BCUT2D eigenvalue weighted by molar-refractivity contribution is 0.0802. The molecule has 0 heterocycles. The zero-order valence-electron chi connectivity index (χ0n) is 10.7. The van der Waals surface area contributed by atoms with E-state index in [2.05, 4.69) is 60.5 Å². The van der Waals surface area contributed by atoms with Crippen LogP contribution >= 0.6 is 0 Å². The Labute approximate surface area is 84.5 Å². The fourth-order valence-corrected chi connectivity index (χ4v) is 1.59. The molecule has 80 valence electrons. The van der Waals surface area contributed by atoms with Crippen molar-refractivity contribution in [2.24, 2.45) is 17.3 Å². The predicted molar refractivity (Wildman–Crippen MR) is 60.9 cm³/mol. The van der Waals surface area contributed by atoms with Crippen LogP contribution in [0.15, 0.2) is 0 Å². The first-order valence-electron chi connectivity index (χ1n) is 5.37. The molecular formula is C12H27N. The quantitative estimate of drug-likeness (QED) is 0.650. The van der Waals surface area contributed by atoms with Crippen molar-refractivity contribution in [3.63, 3.8) is 0 Å². The normalized spacial score (nSPS) is 18.0. The predicted octanol–water partition coefficient (Wildman–Crippen LogP) is 3.25. The van der Waals surface area contributed by atoms with Gasteiger partial charge in [-0.15, -0.1) is 0 Å². The zero-order valence-corrected chi connectivity index (χ0v) is 10.7. The molecular weight excluding hydrogens is 158 g/mol. The maximum atomic E-state index is 2.38. The maximum Gasteiger partial charge on any atom is 0.00916 e. The van der Waals surface area contributed by atoms with Gasteiger partial charge in [0, 0.05) is 6.04 Å². The second kappa shape index (κ2) is 4.45. The van der Waals surface area contributed by atoms with Crippen molar-refractivity contribution in [1.82, 2.24) is 4.90 Å². The monoisotopic (exact) mass is 185 g/mol. The van der Waals surface area contributed by atoms with Crippen LogP contribution in [-0.4, -0.2) is 25.0 Å². The van der Waals surface area contributed by atoms with E-state index >= 15 is 0 Å². The molecule has 0 bridgehead atoms. The molecule has 2 atom stereocenters. The molecule has 0 radical (unpaired) electrons. The van der Waals surface area contributed by atoms with Gasteiger partial charge >= 0.3 is 0 Å². The fourth-order valence-electron chi connectivity index (χ4n) is 1.59. The van der Waals surface area contributed by atoms with Crippen LogP contribution in [0.3, 0.4) is 0 Å². The highest BCUT2D eigenvalue weighted by Crippen LogP contribution is 2.37. The zero-order chi connectivity index (χ0) is 10.8. The average Bonchev–Trinajstić information content (AvgIpc) is 2.01. The third-order valence-corrected chi connectivity index (χ3v) is 4.20. The van der Waals surface area contributed by atoms with E-state index in [9.17, 15) is 0 Å². The molecule has 0 N–H and O–H groups in total. The first-order valence-corrected chi connectivity index (χ1v) is 5.37. The van der Waals surface area contributed by atoms with Gasteiger partial charge in [0.2, 0.25) is 0 Å². The molecule has 0 aromatic heterocycles. The summed E-state index contributed by atoms with van der Waals surface area (Å²) in [5, 5.41) is 0. The minimum Gasteiger partial charge on any atom is -0.306 e. The number of hydrogen-bond donors (Lipinski definition) is 0. The fraction of sp³-hybridized carbons (Fsp3) is 1.00. The number of rotatable bonds is 4. The van der Waals surface area contributed by atoms with Crippen LogP contribution in [0.25, 0.3) is 0 Å². The summed E-state index contributed by atoms with van der Waals surface area (Å²) in [5.74, 6) is 1.47. The van der Waals surface area contributed by atoms with Gasteiger partial charge in [-0.05, 0) is 38.3 Å². The van der Waals surface area contributed by atoms with Gasteiger partial charge < -0.3 is 4.90 Å².